The van der Waals surface area contributed by atoms with Crippen molar-refractivity contribution in [3.8, 4) is 11.5 Å². The standard InChI is InChI=1S/C24H35N3O5/c1-24(2,3)23(30)27-10-6-7-17(16-27)21(28)25-11-13-26(14-12-25)22(29)19-9-8-18(31-4)15-20(19)32-5/h8-9,15,17H,6-7,10-14,16H2,1-5H3. The Kier molecular flexibility index (Phi) is 7.31. The molecule has 0 aliphatic carbocycles. The Labute approximate surface area is 190 Å². The number of benzene rings is 1. The van der Waals surface area contributed by atoms with Gasteiger partial charge in [0.1, 0.15) is 11.5 Å². The first kappa shape index (κ1) is 23.9. The zero-order chi connectivity index (χ0) is 23.5. The molecule has 1 aromatic rings. The van der Waals surface area contributed by atoms with Crippen molar-refractivity contribution in [2.75, 3.05) is 53.5 Å². The van der Waals surface area contributed by atoms with Crippen LogP contribution in [-0.2, 0) is 9.59 Å². The van der Waals surface area contributed by atoms with Crippen molar-refractivity contribution in [3.05, 3.63) is 23.8 Å². The highest BCUT2D eigenvalue weighted by Crippen LogP contribution is 2.27. The van der Waals surface area contributed by atoms with Crippen LogP contribution in [0.25, 0.3) is 0 Å². The van der Waals surface area contributed by atoms with Gasteiger partial charge in [0.2, 0.25) is 11.8 Å². The third-order valence-corrected chi connectivity index (χ3v) is 6.22. The second-order valence-corrected chi connectivity index (χ2v) is 9.52. The summed E-state index contributed by atoms with van der Waals surface area (Å²) < 4.78 is 10.6. The molecular formula is C24H35N3O5. The molecule has 32 heavy (non-hydrogen) atoms. The summed E-state index contributed by atoms with van der Waals surface area (Å²) >= 11 is 0. The Morgan fingerprint density at radius 1 is 0.906 bits per heavy atom. The molecule has 0 aromatic heterocycles. The van der Waals surface area contributed by atoms with Gasteiger partial charge in [-0.05, 0) is 25.0 Å². The van der Waals surface area contributed by atoms with E-state index < -0.39 is 5.41 Å². The summed E-state index contributed by atoms with van der Waals surface area (Å²) in [7, 11) is 3.09. The summed E-state index contributed by atoms with van der Waals surface area (Å²) in [6, 6.07) is 5.14. The first-order valence-corrected chi connectivity index (χ1v) is 11.2. The van der Waals surface area contributed by atoms with Crippen LogP contribution in [-0.4, -0.2) is 85.9 Å². The first-order valence-electron chi connectivity index (χ1n) is 11.2. The zero-order valence-electron chi connectivity index (χ0n) is 19.8. The molecule has 0 saturated carbocycles. The van der Waals surface area contributed by atoms with Gasteiger partial charge in [0.15, 0.2) is 0 Å². The number of carbonyl (C=O) groups is 3. The topological polar surface area (TPSA) is 79.4 Å². The van der Waals surface area contributed by atoms with Crippen molar-refractivity contribution in [3.63, 3.8) is 0 Å². The van der Waals surface area contributed by atoms with Crippen LogP contribution in [0.4, 0.5) is 0 Å². The fraction of sp³-hybridized carbons (Fsp3) is 0.625. The Bertz CT molecular complexity index is 856. The van der Waals surface area contributed by atoms with Crippen LogP contribution in [0.5, 0.6) is 11.5 Å². The predicted molar refractivity (Wildman–Crippen MR) is 121 cm³/mol. The van der Waals surface area contributed by atoms with Crippen molar-refractivity contribution in [1.29, 1.82) is 0 Å². The van der Waals surface area contributed by atoms with Crippen LogP contribution in [0.15, 0.2) is 18.2 Å². The minimum Gasteiger partial charge on any atom is -0.497 e. The summed E-state index contributed by atoms with van der Waals surface area (Å²) in [6.45, 7) is 8.86. The van der Waals surface area contributed by atoms with E-state index in [1.54, 1.807) is 30.2 Å². The second kappa shape index (κ2) is 9.79. The van der Waals surface area contributed by atoms with Crippen LogP contribution in [0, 0.1) is 11.3 Å². The molecular weight excluding hydrogens is 410 g/mol. The number of amides is 3. The monoisotopic (exact) mass is 445 g/mol. The molecule has 3 amide bonds. The van der Waals surface area contributed by atoms with Crippen molar-refractivity contribution in [2.24, 2.45) is 11.3 Å². The molecule has 1 unspecified atom stereocenters. The number of hydrogen-bond acceptors (Lipinski definition) is 5. The van der Waals surface area contributed by atoms with Crippen molar-refractivity contribution in [1.82, 2.24) is 14.7 Å². The number of carbonyl (C=O) groups excluding carboxylic acids is 3. The number of piperidine rings is 1. The molecule has 8 heteroatoms. The molecule has 176 valence electrons. The van der Waals surface area contributed by atoms with Gasteiger partial charge in [-0.25, -0.2) is 0 Å². The minimum atomic E-state index is -0.445. The molecule has 0 bridgehead atoms. The van der Waals surface area contributed by atoms with Gasteiger partial charge in [0.05, 0.1) is 25.7 Å². The lowest BCUT2D eigenvalue weighted by atomic mass is 9.90. The Hall–Kier alpha value is -2.77. The SMILES string of the molecule is COc1ccc(C(=O)N2CCN(C(=O)C3CCCN(C(=O)C(C)(C)C)C3)CC2)c(OC)c1. The zero-order valence-corrected chi connectivity index (χ0v) is 19.8. The average molecular weight is 446 g/mol. The third-order valence-electron chi connectivity index (χ3n) is 6.22. The first-order chi connectivity index (χ1) is 15.2. The number of piperazine rings is 1. The van der Waals surface area contributed by atoms with Crippen molar-refractivity contribution in [2.45, 2.75) is 33.6 Å². The van der Waals surface area contributed by atoms with E-state index >= 15 is 0 Å². The number of methoxy groups -OCH3 is 2. The molecule has 2 saturated heterocycles. The number of likely N-dealkylation sites (tertiary alicyclic amines) is 1. The lowest BCUT2D eigenvalue weighted by Crippen LogP contribution is -2.54. The van der Waals surface area contributed by atoms with E-state index in [0.29, 0.717) is 56.3 Å². The molecule has 3 rings (SSSR count). The molecule has 0 N–H and O–H groups in total. The smallest absolute Gasteiger partial charge is 0.257 e. The van der Waals surface area contributed by atoms with E-state index in [1.165, 1.54) is 7.11 Å². The normalized spacial score (nSPS) is 19.5. The van der Waals surface area contributed by atoms with Crippen LogP contribution in [0.3, 0.4) is 0 Å². The highest BCUT2D eigenvalue weighted by molar-refractivity contribution is 5.97. The molecule has 2 aliphatic heterocycles. The van der Waals surface area contributed by atoms with Gasteiger partial charge in [-0.3, -0.25) is 14.4 Å². The van der Waals surface area contributed by atoms with Crippen LogP contribution in [0.2, 0.25) is 0 Å². The summed E-state index contributed by atoms with van der Waals surface area (Å²) in [6.07, 6.45) is 1.64. The number of nitrogens with zero attached hydrogens (tertiary/aromatic N) is 3. The van der Waals surface area contributed by atoms with E-state index in [0.717, 1.165) is 12.8 Å². The molecule has 2 heterocycles. The van der Waals surface area contributed by atoms with Gasteiger partial charge in [-0.1, -0.05) is 20.8 Å². The fourth-order valence-corrected chi connectivity index (χ4v) is 4.37. The number of ether oxygens (including phenoxy) is 2. The van der Waals surface area contributed by atoms with Gasteiger partial charge >= 0.3 is 0 Å². The third kappa shape index (κ3) is 5.16. The van der Waals surface area contributed by atoms with Gasteiger partial charge < -0.3 is 24.2 Å². The molecule has 0 spiro atoms. The summed E-state index contributed by atoms with van der Waals surface area (Å²) in [5.41, 5.74) is 0.0380. The second-order valence-electron chi connectivity index (χ2n) is 9.52. The molecule has 1 atom stereocenters. The highest BCUT2D eigenvalue weighted by atomic mass is 16.5. The maximum absolute atomic E-state index is 13.1. The molecule has 8 nitrogen and oxygen atoms in total. The van der Waals surface area contributed by atoms with Crippen LogP contribution in [0.1, 0.15) is 44.0 Å². The van der Waals surface area contributed by atoms with E-state index in [4.69, 9.17) is 9.47 Å². The van der Waals surface area contributed by atoms with Gasteiger partial charge in [0.25, 0.3) is 5.91 Å². The quantitative estimate of drug-likeness (QED) is 0.710. The van der Waals surface area contributed by atoms with Gasteiger partial charge in [-0.2, -0.15) is 0 Å². The summed E-state index contributed by atoms with van der Waals surface area (Å²) in [4.78, 5) is 44.2. The van der Waals surface area contributed by atoms with Gasteiger partial charge in [-0.15, -0.1) is 0 Å². The lowest BCUT2D eigenvalue weighted by Gasteiger charge is -2.40. The lowest BCUT2D eigenvalue weighted by molar-refractivity contribution is -0.146. The molecule has 1 aromatic carbocycles. The highest BCUT2D eigenvalue weighted by Gasteiger charge is 2.36. The van der Waals surface area contributed by atoms with Crippen molar-refractivity contribution < 1.29 is 23.9 Å². The average Bonchev–Trinajstić information content (AvgIpc) is 2.81. The van der Waals surface area contributed by atoms with Gasteiger partial charge in [0, 0.05) is 50.7 Å². The maximum Gasteiger partial charge on any atom is 0.257 e. The molecule has 2 fully saturated rings. The van der Waals surface area contributed by atoms with Crippen LogP contribution < -0.4 is 9.47 Å². The van der Waals surface area contributed by atoms with E-state index in [1.807, 2.05) is 30.6 Å². The summed E-state index contributed by atoms with van der Waals surface area (Å²) in [5.74, 6) is 0.999. The molecule has 0 radical (unpaired) electrons. The Balaban J connectivity index is 1.59. The largest absolute Gasteiger partial charge is 0.497 e. The van der Waals surface area contributed by atoms with E-state index in [-0.39, 0.29) is 23.6 Å². The van der Waals surface area contributed by atoms with E-state index in [2.05, 4.69) is 0 Å². The fourth-order valence-electron chi connectivity index (χ4n) is 4.37. The number of hydrogen-bond donors (Lipinski definition) is 0. The Morgan fingerprint density at radius 3 is 2.16 bits per heavy atom. The maximum atomic E-state index is 13.1. The molecule has 2 aliphatic rings. The minimum absolute atomic E-state index is 0.0885. The predicted octanol–water partition coefficient (Wildman–Crippen LogP) is 2.27. The van der Waals surface area contributed by atoms with Crippen LogP contribution >= 0.6 is 0 Å². The van der Waals surface area contributed by atoms with E-state index in [9.17, 15) is 14.4 Å². The Morgan fingerprint density at radius 2 is 1.56 bits per heavy atom. The number of rotatable bonds is 4. The van der Waals surface area contributed by atoms with Crippen molar-refractivity contribution >= 4 is 17.7 Å². The summed E-state index contributed by atoms with van der Waals surface area (Å²) in [5, 5.41) is 0.